The quantitative estimate of drug-likeness (QED) is 0.508. The fraction of sp³-hybridized carbons (Fsp3) is 0.250. The number of guanidine groups is 1. The standard InChI is InChI=1S/C20H23N5OS/c1-15-11-22-18(27-15)13-24-20(21-2)23-12-16-6-8-17(9-7-16)14-25-10-4-3-5-19(25)26/h3-11H,12-14H2,1-2H3,(H2,21,23,24). The van der Waals surface area contributed by atoms with Crippen LogP contribution in [0.2, 0.25) is 0 Å². The minimum Gasteiger partial charge on any atom is -0.352 e. The molecule has 140 valence electrons. The maximum absolute atomic E-state index is 11.8. The molecule has 6 nitrogen and oxygen atoms in total. The lowest BCUT2D eigenvalue weighted by Crippen LogP contribution is -2.36. The Balaban J connectivity index is 1.51. The lowest BCUT2D eigenvalue weighted by molar-refractivity contribution is 0.758. The molecule has 0 saturated heterocycles. The number of hydrogen-bond acceptors (Lipinski definition) is 4. The number of nitrogens with one attached hydrogen (secondary N) is 2. The van der Waals surface area contributed by atoms with Crippen molar-refractivity contribution < 1.29 is 0 Å². The molecule has 7 heteroatoms. The number of nitrogens with zero attached hydrogens (tertiary/aromatic N) is 3. The van der Waals surface area contributed by atoms with E-state index in [4.69, 9.17) is 0 Å². The molecule has 0 atom stereocenters. The van der Waals surface area contributed by atoms with E-state index in [0.717, 1.165) is 22.1 Å². The van der Waals surface area contributed by atoms with E-state index in [0.29, 0.717) is 19.6 Å². The van der Waals surface area contributed by atoms with E-state index in [1.165, 1.54) is 4.88 Å². The lowest BCUT2D eigenvalue weighted by Gasteiger charge is -2.11. The van der Waals surface area contributed by atoms with E-state index in [1.807, 2.05) is 31.3 Å². The van der Waals surface area contributed by atoms with Crippen molar-refractivity contribution in [2.24, 2.45) is 4.99 Å². The number of pyridine rings is 1. The van der Waals surface area contributed by atoms with Gasteiger partial charge in [0, 0.05) is 36.9 Å². The zero-order chi connectivity index (χ0) is 19.1. The van der Waals surface area contributed by atoms with Gasteiger partial charge >= 0.3 is 0 Å². The van der Waals surface area contributed by atoms with Crippen molar-refractivity contribution in [2.45, 2.75) is 26.6 Å². The van der Waals surface area contributed by atoms with Gasteiger partial charge in [-0.15, -0.1) is 11.3 Å². The summed E-state index contributed by atoms with van der Waals surface area (Å²) in [5, 5.41) is 7.61. The van der Waals surface area contributed by atoms with Crippen molar-refractivity contribution >= 4 is 17.3 Å². The van der Waals surface area contributed by atoms with Crippen LogP contribution in [0.3, 0.4) is 0 Å². The fourth-order valence-corrected chi connectivity index (χ4v) is 3.33. The normalized spacial score (nSPS) is 11.4. The molecule has 0 amide bonds. The molecular formula is C20H23N5OS. The Labute approximate surface area is 162 Å². The van der Waals surface area contributed by atoms with Crippen LogP contribution in [0, 0.1) is 6.92 Å². The molecule has 2 heterocycles. The molecule has 0 bridgehead atoms. The molecule has 0 fully saturated rings. The van der Waals surface area contributed by atoms with Gasteiger partial charge < -0.3 is 15.2 Å². The first-order chi connectivity index (χ1) is 13.1. The highest BCUT2D eigenvalue weighted by Gasteiger charge is 2.03. The molecule has 3 aromatic rings. The molecule has 0 aliphatic heterocycles. The van der Waals surface area contributed by atoms with Crippen molar-refractivity contribution in [2.75, 3.05) is 7.05 Å². The summed E-state index contributed by atoms with van der Waals surface area (Å²) in [5.74, 6) is 0.739. The first-order valence-corrected chi connectivity index (χ1v) is 9.55. The number of benzene rings is 1. The van der Waals surface area contributed by atoms with Gasteiger partial charge in [-0.25, -0.2) is 4.98 Å². The van der Waals surface area contributed by atoms with Crippen LogP contribution in [-0.4, -0.2) is 22.6 Å². The summed E-state index contributed by atoms with van der Waals surface area (Å²) in [6.45, 7) is 3.95. The minimum atomic E-state index is 0.00791. The third-order valence-electron chi connectivity index (χ3n) is 4.03. The van der Waals surface area contributed by atoms with Crippen LogP contribution < -0.4 is 16.2 Å². The van der Waals surface area contributed by atoms with Crippen molar-refractivity contribution in [3.8, 4) is 0 Å². The second kappa shape index (κ2) is 9.14. The Kier molecular flexibility index (Phi) is 6.38. The van der Waals surface area contributed by atoms with Crippen molar-refractivity contribution in [3.63, 3.8) is 0 Å². The van der Waals surface area contributed by atoms with Crippen molar-refractivity contribution in [1.29, 1.82) is 0 Å². The van der Waals surface area contributed by atoms with Crippen molar-refractivity contribution in [1.82, 2.24) is 20.2 Å². The molecule has 2 N–H and O–H groups in total. The van der Waals surface area contributed by atoms with Crippen LogP contribution >= 0.6 is 11.3 Å². The van der Waals surface area contributed by atoms with Crippen molar-refractivity contribution in [3.05, 3.63) is 86.2 Å². The average Bonchev–Trinajstić information content (AvgIpc) is 3.10. The van der Waals surface area contributed by atoms with E-state index < -0.39 is 0 Å². The fourth-order valence-electron chi connectivity index (χ4n) is 2.60. The molecule has 3 rings (SSSR count). The second-order valence-electron chi connectivity index (χ2n) is 6.13. The molecular weight excluding hydrogens is 358 g/mol. The summed E-state index contributed by atoms with van der Waals surface area (Å²) in [6, 6.07) is 13.4. The molecule has 0 saturated carbocycles. The molecule has 0 radical (unpaired) electrons. The molecule has 0 spiro atoms. The highest BCUT2D eigenvalue weighted by Crippen LogP contribution is 2.10. The predicted octanol–water partition coefficient (Wildman–Crippen LogP) is 2.53. The first-order valence-electron chi connectivity index (χ1n) is 8.73. The number of hydrogen-bond donors (Lipinski definition) is 2. The van der Waals surface area contributed by atoms with Gasteiger partial charge in [0.15, 0.2) is 5.96 Å². The van der Waals surface area contributed by atoms with Gasteiger partial charge in [0.1, 0.15) is 5.01 Å². The van der Waals surface area contributed by atoms with Crippen LogP contribution in [0.1, 0.15) is 21.0 Å². The molecule has 0 aliphatic carbocycles. The van der Waals surface area contributed by atoms with Gasteiger partial charge in [0.05, 0.1) is 13.1 Å². The summed E-state index contributed by atoms with van der Waals surface area (Å²) < 4.78 is 1.69. The molecule has 0 aliphatic rings. The lowest BCUT2D eigenvalue weighted by atomic mass is 10.1. The molecule has 27 heavy (non-hydrogen) atoms. The van der Waals surface area contributed by atoms with Crippen LogP contribution in [0.25, 0.3) is 0 Å². The van der Waals surface area contributed by atoms with Gasteiger partial charge in [-0.05, 0) is 24.1 Å². The summed E-state index contributed by atoms with van der Waals surface area (Å²) in [5.41, 5.74) is 2.24. The summed E-state index contributed by atoms with van der Waals surface area (Å²) in [6.07, 6.45) is 3.68. The Morgan fingerprint density at radius 2 is 1.85 bits per heavy atom. The summed E-state index contributed by atoms with van der Waals surface area (Å²) in [7, 11) is 1.75. The minimum absolute atomic E-state index is 0.00791. The number of aryl methyl sites for hydroxylation is 1. The predicted molar refractivity (Wildman–Crippen MR) is 110 cm³/mol. The Hall–Kier alpha value is -2.93. The number of thiazole rings is 1. The van der Waals surface area contributed by atoms with E-state index in [1.54, 1.807) is 41.3 Å². The smallest absolute Gasteiger partial charge is 0.250 e. The van der Waals surface area contributed by atoms with Gasteiger partial charge in [0.25, 0.3) is 5.56 Å². The summed E-state index contributed by atoms with van der Waals surface area (Å²) in [4.78, 5) is 21.6. The largest absolute Gasteiger partial charge is 0.352 e. The van der Waals surface area contributed by atoms with Crippen LogP contribution in [0.4, 0.5) is 0 Å². The highest BCUT2D eigenvalue weighted by atomic mass is 32.1. The van der Waals surface area contributed by atoms with E-state index in [2.05, 4.69) is 32.7 Å². The third-order valence-corrected chi connectivity index (χ3v) is 4.95. The maximum Gasteiger partial charge on any atom is 0.250 e. The van der Waals surface area contributed by atoms with E-state index >= 15 is 0 Å². The topological polar surface area (TPSA) is 71.3 Å². The van der Waals surface area contributed by atoms with Gasteiger partial charge in [-0.1, -0.05) is 30.3 Å². The average molecular weight is 382 g/mol. The SMILES string of the molecule is CN=C(NCc1ccc(Cn2ccccc2=O)cc1)NCc1ncc(C)s1. The zero-order valence-corrected chi connectivity index (χ0v) is 16.3. The molecule has 0 unspecified atom stereocenters. The van der Waals surface area contributed by atoms with Crippen LogP contribution in [0.15, 0.2) is 64.6 Å². The van der Waals surface area contributed by atoms with Gasteiger partial charge in [-0.2, -0.15) is 0 Å². The Bertz CT molecular complexity index is 959. The number of aromatic nitrogens is 2. The first kappa shape index (κ1) is 18.8. The second-order valence-corrected chi connectivity index (χ2v) is 7.45. The Morgan fingerprint density at radius 1 is 1.11 bits per heavy atom. The highest BCUT2D eigenvalue weighted by molar-refractivity contribution is 7.11. The monoisotopic (exact) mass is 381 g/mol. The van der Waals surface area contributed by atoms with Gasteiger partial charge in [0.2, 0.25) is 0 Å². The van der Waals surface area contributed by atoms with Crippen LogP contribution in [0.5, 0.6) is 0 Å². The van der Waals surface area contributed by atoms with Gasteiger partial charge in [-0.3, -0.25) is 9.79 Å². The molecule has 2 aromatic heterocycles. The van der Waals surface area contributed by atoms with E-state index in [-0.39, 0.29) is 5.56 Å². The number of aliphatic imine (C=N–C) groups is 1. The maximum atomic E-state index is 11.8. The number of rotatable bonds is 6. The summed E-state index contributed by atoms with van der Waals surface area (Å²) >= 11 is 1.68. The Morgan fingerprint density at radius 3 is 2.52 bits per heavy atom. The van der Waals surface area contributed by atoms with E-state index in [9.17, 15) is 4.79 Å². The van der Waals surface area contributed by atoms with Crippen LogP contribution in [-0.2, 0) is 19.6 Å². The molecule has 1 aromatic carbocycles. The third kappa shape index (κ3) is 5.52. The zero-order valence-electron chi connectivity index (χ0n) is 15.5.